The summed E-state index contributed by atoms with van der Waals surface area (Å²) in [5.41, 5.74) is 2.15. The van der Waals surface area contributed by atoms with Crippen LogP contribution in [0.5, 0.6) is 0 Å². The van der Waals surface area contributed by atoms with Crippen molar-refractivity contribution in [3.63, 3.8) is 0 Å². The van der Waals surface area contributed by atoms with Gasteiger partial charge >= 0.3 is 0 Å². The van der Waals surface area contributed by atoms with Gasteiger partial charge < -0.3 is 15.0 Å². The standard InChI is InChI=1S/C22H32N2O3/c1-16-7-12-24(13-8-16)20(25)18-5-6-19(17(2)15-18)23-21(26)22(9-4-10-22)11-14-27-3/h5-6,15-16H,4,7-14H2,1-3H3,(H,23,26). The number of amides is 2. The highest BCUT2D eigenvalue weighted by Gasteiger charge is 2.43. The minimum Gasteiger partial charge on any atom is -0.385 e. The van der Waals surface area contributed by atoms with E-state index in [1.165, 1.54) is 0 Å². The lowest BCUT2D eigenvalue weighted by Gasteiger charge is -2.40. The second-order valence-corrected chi connectivity index (χ2v) is 8.34. The van der Waals surface area contributed by atoms with Crippen molar-refractivity contribution in [2.24, 2.45) is 11.3 Å². The summed E-state index contributed by atoms with van der Waals surface area (Å²) >= 11 is 0. The highest BCUT2D eigenvalue weighted by atomic mass is 16.5. The van der Waals surface area contributed by atoms with E-state index in [-0.39, 0.29) is 17.2 Å². The quantitative estimate of drug-likeness (QED) is 0.821. The number of likely N-dealkylation sites (tertiary alicyclic amines) is 1. The van der Waals surface area contributed by atoms with Crippen LogP contribution in [0.2, 0.25) is 0 Å². The van der Waals surface area contributed by atoms with Gasteiger partial charge in [-0.25, -0.2) is 0 Å². The summed E-state index contributed by atoms with van der Waals surface area (Å²) in [4.78, 5) is 27.5. The van der Waals surface area contributed by atoms with E-state index in [1.807, 2.05) is 30.0 Å². The number of benzene rings is 1. The average Bonchev–Trinajstić information content (AvgIpc) is 2.62. The van der Waals surface area contributed by atoms with Crippen LogP contribution in [0, 0.1) is 18.3 Å². The molecule has 148 valence electrons. The topological polar surface area (TPSA) is 58.6 Å². The van der Waals surface area contributed by atoms with Crippen molar-refractivity contribution in [2.75, 3.05) is 32.1 Å². The number of anilines is 1. The van der Waals surface area contributed by atoms with Gasteiger partial charge in [-0.1, -0.05) is 13.3 Å². The van der Waals surface area contributed by atoms with E-state index < -0.39 is 0 Å². The van der Waals surface area contributed by atoms with Crippen molar-refractivity contribution in [2.45, 2.75) is 52.4 Å². The van der Waals surface area contributed by atoms with Crippen LogP contribution in [0.25, 0.3) is 0 Å². The summed E-state index contributed by atoms with van der Waals surface area (Å²) in [7, 11) is 1.67. The second kappa shape index (κ2) is 8.42. The Hall–Kier alpha value is -1.88. The molecule has 2 amide bonds. The molecule has 0 radical (unpaired) electrons. The van der Waals surface area contributed by atoms with Crippen LogP contribution in [-0.4, -0.2) is 43.5 Å². The van der Waals surface area contributed by atoms with Crippen molar-refractivity contribution in [3.05, 3.63) is 29.3 Å². The Morgan fingerprint density at radius 3 is 2.52 bits per heavy atom. The maximum atomic E-state index is 12.8. The first-order valence-electron chi connectivity index (χ1n) is 10.2. The molecule has 2 fully saturated rings. The maximum Gasteiger partial charge on any atom is 0.253 e. The third kappa shape index (κ3) is 4.34. The van der Waals surface area contributed by atoms with Gasteiger partial charge in [-0.15, -0.1) is 0 Å². The normalized spacial score (nSPS) is 19.4. The molecule has 5 heteroatoms. The molecule has 1 N–H and O–H groups in total. The summed E-state index contributed by atoms with van der Waals surface area (Å²) in [6.45, 7) is 6.46. The van der Waals surface area contributed by atoms with Gasteiger partial charge in [0.15, 0.2) is 0 Å². The lowest BCUT2D eigenvalue weighted by molar-refractivity contribution is -0.131. The molecule has 0 spiro atoms. The zero-order chi connectivity index (χ0) is 19.4. The molecule has 1 aromatic rings. The van der Waals surface area contributed by atoms with Crippen molar-refractivity contribution in [1.82, 2.24) is 4.90 Å². The number of hydrogen-bond acceptors (Lipinski definition) is 3. The smallest absolute Gasteiger partial charge is 0.253 e. The Labute approximate surface area is 162 Å². The van der Waals surface area contributed by atoms with E-state index in [2.05, 4.69) is 12.2 Å². The minimum absolute atomic E-state index is 0.0815. The van der Waals surface area contributed by atoms with Gasteiger partial charge in [0.25, 0.3) is 5.91 Å². The monoisotopic (exact) mass is 372 g/mol. The first-order valence-corrected chi connectivity index (χ1v) is 10.2. The fourth-order valence-electron chi connectivity index (χ4n) is 4.08. The molecule has 1 aliphatic carbocycles. The van der Waals surface area contributed by atoms with Gasteiger partial charge in [0.05, 0.1) is 5.41 Å². The van der Waals surface area contributed by atoms with E-state index in [1.54, 1.807) is 7.11 Å². The minimum atomic E-state index is -0.290. The van der Waals surface area contributed by atoms with Crippen LogP contribution in [-0.2, 0) is 9.53 Å². The molecule has 3 rings (SSSR count). The number of methoxy groups -OCH3 is 1. The third-order valence-electron chi connectivity index (χ3n) is 6.37. The second-order valence-electron chi connectivity index (χ2n) is 8.34. The number of carbonyl (C=O) groups is 2. The predicted molar refractivity (Wildman–Crippen MR) is 107 cm³/mol. The van der Waals surface area contributed by atoms with Gasteiger partial charge in [0.2, 0.25) is 5.91 Å². The van der Waals surface area contributed by atoms with E-state index in [4.69, 9.17) is 4.74 Å². The fraction of sp³-hybridized carbons (Fsp3) is 0.636. The number of aryl methyl sites for hydroxylation is 1. The van der Waals surface area contributed by atoms with Crippen LogP contribution < -0.4 is 5.32 Å². The van der Waals surface area contributed by atoms with Crippen LogP contribution in [0.1, 0.15) is 61.4 Å². The van der Waals surface area contributed by atoms with E-state index in [0.717, 1.165) is 62.9 Å². The predicted octanol–water partition coefficient (Wildman–Crippen LogP) is 4.01. The van der Waals surface area contributed by atoms with Crippen LogP contribution >= 0.6 is 0 Å². The number of carbonyl (C=O) groups excluding carboxylic acids is 2. The molecule has 1 saturated carbocycles. The molecule has 2 aliphatic rings. The van der Waals surface area contributed by atoms with E-state index >= 15 is 0 Å². The summed E-state index contributed by atoms with van der Waals surface area (Å²) in [6, 6.07) is 5.61. The van der Waals surface area contributed by atoms with Gasteiger partial charge in [-0.2, -0.15) is 0 Å². The number of ether oxygens (including phenoxy) is 1. The molecular formula is C22H32N2O3. The van der Waals surface area contributed by atoms with Crippen molar-refractivity contribution >= 4 is 17.5 Å². The van der Waals surface area contributed by atoms with Crippen LogP contribution in [0.4, 0.5) is 5.69 Å². The molecule has 1 aromatic carbocycles. The van der Waals surface area contributed by atoms with Gasteiger partial charge in [0.1, 0.15) is 0 Å². The summed E-state index contributed by atoms with van der Waals surface area (Å²) in [5.74, 6) is 0.877. The van der Waals surface area contributed by atoms with Crippen molar-refractivity contribution < 1.29 is 14.3 Å². The molecule has 5 nitrogen and oxygen atoms in total. The molecule has 1 aliphatic heterocycles. The van der Waals surface area contributed by atoms with Crippen molar-refractivity contribution in [3.8, 4) is 0 Å². The molecule has 0 aromatic heterocycles. The fourth-order valence-corrected chi connectivity index (χ4v) is 4.08. The maximum absolute atomic E-state index is 12.8. The summed E-state index contributed by atoms with van der Waals surface area (Å²) in [6.07, 6.45) is 5.84. The largest absolute Gasteiger partial charge is 0.385 e. The molecule has 1 saturated heterocycles. The van der Waals surface area contributed by atoms with Crippen LogP contribution in [0.3, 0.4) is 0 Å². The molecule has 0 atom stereocenters. The Morgan fingerprint density at radius 2 is 1.96 bits per heavy atom. The van der Waals surface area contributed by atoms with Gasteiger partial charge in [-0.05, 0) is 68.7 Å². The molecule has 0 unspecified atom stereocenters. The highest BCUT2D eigenvalue weighted by molar-refractivity contribution is 5.98. The number of hydrogen-bond donors (Lipinski definition) is 1. The SMILES string of the molecule is COCCC1(C(=O)Nc2ccc(C(=O)N3CCC(C)CC3)cc2C)CCC1. The molecular weight excluding hydrogens is 340 g/mol. The lowest BCUT2D eigenvalue weighted by Crippen LogP contribution is -2.43. The lowest BCUT2D eigenvalue weighted by atomic mass is 9.66. The van der Waals surface area contributed by atoms with Crippen molar-refractivity contribution in [1.29, 1.82) is 0 Å². The Bertz CT molecular complexity index is 689. The molecule has 1 heterocycles. The Balaban J connectivity index is 1.66. The number of piperidine rings is 1. The van der Waals surface area contributed by atoms with E-state index in [9.17, 15) is 9.59 Å². The molecule has 0 bridgehead atoms. The third-order valence-corrected chi connectivity index (χ3v) is 6.37. The van der Waals surface area contributed by atoms with Gasteiger partial charge in [-0.3, -0.25) is 9.59 Å². The zero-order valence-electron chi connectivity index (χ0n) is 16.8. The van der Waals surface area contributed by atoms with Crippen LogP contribution in [0.15, 0.2) is 18.2 Å². The highest BCUT2D eigenvalue weighted by Crippen LogP contribution is 2.45. The summed E-state index contributed by atoms with van der Waals surface area (Å²) in [5, 5.41) is 3.09. The zero-order valence-corrected chi connectivity index (χ0v) is 16.8. The number of rotatable bonds is 6. The summed E-state index contributed by atoms with van der Waals surface area (Å²) < 4.78 is 5.18. The first-order chi connectivity index (χ1) is 12.9. The molecule has 27 heavy (non-hydrogen) atoms. The Kier molecular flexibility index (Phi) is 6.20. The number of nitrogens with zero attached hydrogens (tertiary/aromatic N) is 1. The van der Waals surface area contributed by atoms with Gasteiger partial charge in [0, 0.05) is 38.1 Å². The average molecular weight is 373 g/mol. The van der Waals surface area contributed by atoms with E-state index in [0.29, 0.717) is 18.1 Å². The Morgan fingerprint density at radius 1 is 1.26 bits per heavy atom. The number of nitrogens with one attached hydrogen (secondary N) is 1. The first kappa shape index (κ1) is 19.9.